The van der Waals surface area contributed by atoms with Gasteiger partial charge in [-0.25, -0.2) is 8.42 Å². The van der Waals surface area contributed by atoms with E-state index in [1.807, 2.05) is 0 Å². The molecular formula is C17H15N3O4S. The van der Waals surface area contributed by atoms with Crippen LogP contribution in [0.15, 0.2) is 64.4 Å². The summed E-state index contributed by atoms with van der Waals surface area (Å²) in [5.41, 5.74) is 0.511. The van der Waals surface area contributed by atoms with Crippen molar-refractivity contribution in [2.75, 3.05) is 11.6 Å². The van der Waals surface area contributed by atoms with E-state index in [1.54, 1.807) is 36.4 Å². The number of benzene rings is 2. The van der Waals surface area contributed by atoms with Gasteiger partial charge in [-0.3, -0.25) is 14.3 Å². The molecule has 1 amide bonds. The Morgan fingerprint density at radius 2 is 1.80 bits per heavy atom. The molecule has 0 radical (unpaired) electrons. The standard InChI is InChI=1S/C17H15N3O4S/c1-25(23,24)16-9-5-3-7-13(16)19-17(22)11-20-14-8-4-2-6-12(14)15(21)10-18-20/h2-10H,11H2,1H3,(H,19,22). The van der Waals surface area contributed by atoms with Gasteiger partial charge in [-0.15, -0.1) is 0 Å². The minimum Gasteiger partial charge on any atom is -0.323 e. The van der Waals surface area contributed by atoms with E-state index in [2.05, 4.69) is 10.4 Å². The number of aromatic nitrogens is 2. The van der Waals surface area contributed by atoms with Crippen LogP contribution in [0.1, 0.15) is 0 Å². The van der Waals surface area contributed by atoms with Crippen molar-refractivity contribution in [2.24, 2.45) is 0 Å². The van der Waals surface area contributed by atoms with Gasteiger partial charge in [0.05, 0.1) is 22.3 Å². The molecule has 1 N–H and O–H groups in total. The highest BCUT2D eigenvalue weighted by Crippen LogP contribution is 2.20. The van der Waals surface area contributed by atoms with Crippen LogP contribution in [0.5, 0.6) is 0 Å². The minimum absolute atomic E-state index is 0.0427. The Morgan fingerprint density at radius 3 is 2.56 bits per heavy atom. The summed E-state index contributed by atoms with van der Waals surface area (Å²) in [4.78, 5) is 24.2. The fraction of sp³-hybridized carbons (Fsp3) is 0.118. The molecule has 3 aromatic rings. The van der Waals surface area contributed by atoms with Crippen LogP contribution < -0.4 is 10.7 Å². The molecule has 128 valence electrons. The van der Waals surface area contributed by atoms with Gasteiger partial charge < -0.3 is 5.32 Å². The number of fused-ring (bicyclic) bond motifs is 1. The number of para-hydroxylation sites is 2. The molecule has 7 nitrogen and oxygen atoms in total. The van der Waals surface area contributed by atoms with E-state index < -0.39 is 15.7 Å². The Hall–Kier alpha value is -3.00. The molecule has 0 spiro atoms. The number of nitrogens with zero attached hydrogens (tertiary/aromatic N) is 2. The quantitative estimate of drug-likeness (QED) is 0.762. The lowest BCUT2D eigenvalue weighted by atomic mass is 10.2. The lowest BCUT2D eigenvalue weighted by Gasteiger charge is -2.12. The third-order valence-corrected chi connectivity index (χ3v) is 4.77. The third-order valence-electron chi connectivity index (χ3n) is 3.62. The van der Waals surface area contributed by atoms with Gasteiger partial charge in [0.25, 0.3) is 0 Å². The van der Waals surface area contributed by atoms with Crippen LogP contribution >= 0.6 is 0 Å². The molecule has 1 heterocycles. The van der Waals surface area contributed by atoms with Crippen LogP contribution in [0.25, 0.3) is 10.9 Å². The number of hydrogen-bond acceptors (Lipinski definition) is 5. The smallest absolute Gasteiger partial charge is 0.246 e. The van der Waals surface area contributed by atoms with Crippen molar-refractivity contribution in [3.63, 3.8) is 0 Å². The lowest BCUT2D eigenvalue weighted by molar-refractivity contribution is -0.116. The SMILES string of the molecule is CS(=O)(=O)c1ccccc1NC(=O)Cn1ncc(=O)c2ccccc21. The fourth-order valence-electron chi connectivity index (χ4n) is 2.51. The van der Waals surface area contributed by atoms with Gasteiger partial charge in [0.1, 0.15) is 6.54 Å². The zero-order valence-corrected chi connectivity index (χ0v) is 14.2. The molecule has 0 fully saturated rings. The maximum absolute atomic E-state index is 12.3. The molecule has 0 unspecified atom stereocenters. The minimum atomic E-state index is -3.47. The fourth-order valence-corrected chi connectivity index (χ4v) is 3.35. The maximum atomic E-state index is 12.3. The topological polar surface area (TPSA) is 98.1 Å². The lowest BCUT2D eigenvalue weighted by Crippen LogP contribution is -2.23. The first kappa shape index (κ1) is 16.8. The molecule has 25 heavy (non-hydrogen) atoms. The predicted octanol–water partition coefficient (Wildman–Crippen LogP) is 1.44. The number of anilines is 1. The number of sulfone groups is 1. The Labute approximate surface area is 143 Å². The Kier molecular flexibility index (Phi) is 4.37. The summed E-state index contributed by atoms with van der Waals surface area (Å²) in [6.45, 7) is -0.154. The van der Waals surface area contributed by atoms with Gasteiger partial charge >= 0.3 is 0 Å². The summed E-state index contributed by atoms with van der Waals surface area (Å²) < 4.78 is 25.0. The molecular weight excluding hydrogens is 342 g/mol. The molecule has 0 aliphatic carbocycles. The molecule has 8 heteroatoms. The van der Waals surface area contributed by atoms with E-state index >= 15 is 0 Å². The number of carbonyl (C=O) groups excluding carboxylic acids is 1. The summed E-state index contributed by atoms with van der Waals surface area (Å²) in [6.07, 6.45) is 2.23. The number of nitrogens with one attached hydrogen (secondary N) is 1. The highest BCUT2D eigenvalue weighted by Gasteiger charge is 2.15. The largest absolute Gasteiger partial charge is 0.323 e. The van der Waals surface area contributed by atoms with Gasteiger partial charge in [0.15, 0.2) is 9.84 Å². The van der Waals surface area contributed by atoms with Crippen molar-refractivity contribution in [1.29, 1.82) is 0 Å². The normalized spacial score (nSPS) is 11.4. The van der Waals surface area contributed by atoms with E-state index in [-0.39, 0.29) is 22.6 Å². The van der Waals surface area contributed by atoms with Crippen molar-refractivity contribution in [3.05, 3.63) is 65.0 Å². The molecule has 0 saturated heterocycles. The number of hydrogen-bond donors (Lipinski definition) is 1. The monoisotopic (exact) mass is 357 g/mol. The summed E-state index contributed by atoms with van der Waals surface area (Å²) in [7, 11) is -3.47. The van der Waals surface area contributed by atoms with Crippen LogP contribution in [-0.4, -0.2) is 30.4 Å². The van der Waals surface area contributed by atoms with Crippen LogP contribution in [0.3, 0.4) is 0 Å². The molecule has 2 aromatic carbocycles. The average molecular weight is 357 g/mol. The van der Waals surface area contributed by atoms with Crippen molar-refractivity contribution in [3.8, 4) is 0 Å². The first-order chi connectivity index (χ1) is 11.9. The first-order valence-corrected chi connectivity index (χ1v) is 9.29. The second-order valence-corrected chi connectivity index (χ2v) is 7.48. The molecule has 1 aromatic heterocycles. The number of carbonyl (C=O) groups is 1. The van der Waals surface area contributed by atoms with Crippen LogP contribution in [0, 0.1) is 0 Å². The van der Waals surface area contributed by atoms with E-state index in [9.17, 15) is 18.0 Å². The second kappa shape index (κ2) is 6.48. The second-order valence-electron chi connectivity index (χ2n) is 5.50. The molecule has 0 aliphatic heterocycles. The molecule has 3 rings (SSSR count). The third kappa shape index (κ3) is 3.58. The highest BCUT2D eigenvalue weighted by atomic mass is 32.2. The summed E-state index contributed by atoms with van der Waals surface area (Å²) >= 11 is 0. The van der Waals surface area contributed by atoms with Gasteiger partial charge in [-0.1, -0.05) is 24.3 Å². The van der Waals surface area contributed by atoms with Gasteiger partial charge in [0, 0.05) is 11.6 Å². The zero-order valence-electron chi connectivity index (χ0n) is 13.3. The van der Waals surface area contributed by atoms with E-state index in [0.717, 1.165) is 12.5 Å². The van der Waals surface area contributed by atoms with Crippen molar-refractivity contribution in [1.82, 2.24) is 9.78 Å². The molecule has 0 bridgehead atoms. The van der Waals surface area contributed by atoms with Gasteiger partial charge in [-0.05, 0) is 24.3 Å². The first-order valence-electron chi connectivity index (χ1n) is 7.40. The van der Waals surface area contributed by atoms with E-state index in [0.29, 0.717) is 10.9 Å². The zero-order chi connectivity index (χ0) is 18.0. The summed E-state index contributed by atoms with van der Waals surface area (Å²) in [6, 6.07) is 13.0. The summed E-state index contributed by atoms with van der Waals surface area (Å²) in [5.74, 6) is -0.447. The van der Waals surface area contributed by atoms with Gasteiger partial charge in [-0.2, -0.15) is 5.10 Å². The Morgan fingerprint density at radius 1 is 1.12 bits per heavy atom. The highest BCUT2D eigenvalue weighted by molar-refractivity contribution is 7.90. The Bertz CT molecular complexity index is 1120. The van der Waals surface area contributed by atoms with E-state index in [4.69, 9.17) is 0 Å². The number of amides is 1. The van der Waals surface area contributed by atoms with Gasteiger partial charge in [0.2, 0.25) is 11.3 Å². The predicted molar refractivity (Wildman–Crippen MR) is 94.2 cm³/mol. The van der Waals surface area contributed by atoms with Crippen LogP contribution in [0.4, 0.5) is 5.69 Å². The summed E-state index contributed by atoms with van der Waals surface area (Å²) in [5, 5.41) is 7.03. The molecule has 0 saturated carbocycles. The molecule has 0 atom stereocenters. The number of rotatable bonds is 4. The van der Waals surface area contributed by atoms with E-state index in [1.165, 1.54) is 16.8 Å². The maximum Gasteiger partial charge on any atom is 0.246 e. The molecule has 0 aliphatic rings. The van der Waals surface area contributed by atoms with Crippen molar-refractivity contribution >= 4 is 32.3 Å². The van der Waals surface area contributed by atoms with Crippen molar-refractivity contribution < 1.29 is 13.2 Å². The van der Waals surface area contributed by atoms with Crippen LogP contribution in [-0.2, 0) is 21.2 Å². The Balaban J connectivity index is 1.91. The van der Waals surface area contributed by atoms with Crippen molar-refractivity contribution in [2.45, 2.75) is 11.4 Å². The van der Waals surface area contributed by atoms with Crippen LogP contribution in [0.2, 0.25) is 0 Å². The average Bonchev–Trinajstić information content (AvgIpc) is 2.57.